The van der Waals surface area contributed by atoms with Crippen LogP contribution in [0.4, 0.5) is 4.79 Å². The Morgan fingerprint density at radius 1 is 1.12 bits per heavy atom. The van der Waals surface area contributed by atoms with Crippen molar-refractivity contribution in [1.29, 1.82) is 0 Å². The van der Waals surface area contributed by atoms with Gasteiger partial charge in [0, 0.05) is 11.4 Å². The highest BCUT2D eigenvalue weighted by molar-refractivity contribution is 7.09. The van der Waals surface area contributed by atoms with Gasteiger partial charge >= 0.3 is 12.0 Å². The third kappa shape index (κ3) is 6.76. The van der Waals surface area contributed by atoms with Gasteiger partial charge in [-0.15, -0.1) is 11.3 Å². The van der Waals surface area contributed by atoms with Gasteiger partial charge in [0.2, 0.25) is 0 Å². The maximum atomic E-state index is 11.9. The van der Waals surface area contributed by atoms with Crippen LogP contribution in [-0.4, -0.2) is 24.0 Å². The molecule has 7 heteroatoms. The number of hydrogen-bond acceptors (Lipinski definition) is 5. The fourth-order valence-corrected chi connectivity index (χ4v) is 2.73. The Balaban J connectivity index is 1.68. The van der Waals surface area contributed by atoms with Crippen molar-refractivity contribution in [1.82, 2.24) is 10.6 Å². The van der Waals surface area contributed by atoms with Crippen LogP contribution in [0.15, 0.2) is 47.8 Å². The lowest BCUT2D eigenvalue weighted by Crippen LogP contribution is -2.44. The van der Waals surface area contributed by atoms with Crippen molar-refractivity contribution in [2.24, 2.45) is 0 Å². The van der Waals surface area contributed by atoms with Crippen molar-refractivity contribution in [2.75, 3.05) is 0 Å². The highest BCUT2D eigenvalue weighted by Crippen LogP contribution is 2.11. The molecule has 0 aliphatic rings. The first-order chi connectivity index (χ1) is 12.0. The molecule has 0 radical (unpaired) electrons. The lowest BCUT2D eigenvalue weighted by Gasteiger charge is -2.13. The number of imide groups is 1. The van der Waals surface area contributed by atoms with E-state index < -0.39 is 24.0 Å². The number of esters is 1. The molecule has 1 aromatic heterocycles. The number of nitrogens with one attached hydrogen (secondary N) is 2. The largest absolute Gasteiger partial charge is 0.453 e. The van der Waals surface area contributed by atoms with E-state index in [1.165, 1.54) is 6.92 Å². The van der Waals surface area contributed by atoms with Gasteiger partial charge in [0.1, 0.15) is 0 Å². The van der Waals surface area contributed by atoms with Gasteiger partial charge in [-0.05, 0) is 30.4 Å². The Kier molecular flexibility index (Phi) is 7.16. The molecule has 0 spiro atoms. The zero-order chi connectivity index (χ0) is 18.1. The highest BCUT2D eigenvalue weighted by Gasteiger charge is 2.19. The second-order valence-corrected chi connectivity index (χ2v) is 6.40. The zero-order valence-corrected chi connectivity index (χ0v) is 14.7. The number of thiophene rings is 1. The molecule has 0 fully saturated rings. The van der Waals surface area contributed by atoms with Crippen LogP contribution < -0.4 is 10.6 Å². The molecule has 132 valence electrons. The van der Waals surface area contributed by atoms with Crippen molar-refractivity contribution in [3.8, 4) is 0 Å². The molecule has 0 unspecified atom stereocenters. The summed E-state index contributed by atoms with van der Waals surface area (Å²) < 4.78 is 5.05. The first-order valence-corrected chi connectivity index (χ1v) is 8.77. The van der Waals surface area contributed by atoms with E-state index in [1.54, 1.807) is 11.3 Å². The number of hydrogen-bond donors (Lipinski definition) is 2. The maximum absolute atomic E-state index is 11.9. The van der Waals surface area contributed by atoms with Crippen LogP contribution in [0, 0.1) is 0 Å². The van der Waals surface area contributed by atoms with Crippen LogP contribution in [0.25, 0.3) is 0 Å². The third-order valence-corrected chi connectivity index (χ3v) is 4.30. The molecule has 1 atom stereocenters. The fraction of sp³-hybridized carbons (Fsp3) is 0.278. The summed E-state index contributed by atoms with van der Waals surface area (Å²) in [6.07, 6.45) is -0.265. The Morgan fingerprint density at radius 3 is 2.56 bits per heavy atom. The maximum Gasteiger partial charge on any atom is 0.321 e. The van der Waals surface area contributed by atoms with Crippen molar-refractivity contribution in [3.63, 3.8) is 0 Å². The summed E-state index contributed by atoms with van der Waals surface area (Å²) in [6.45, 7) is 1.73. The summed E-state index contributed by atoms with van der Waals surface area (Å²) in [5.41, 5.74) is 0.915. The minimum Gasteiger partial charge on any atom is -0.453 e. The molecule has 2 N–H and O–H groups in total. The molecule has 3 amide bonds. The fourth-order valence-electron chi connectivity index (χ4n) is 2.03. The van der Waals surface area contributed by atoms with Crippen LogP contribution in [0.3, 0.4) is 0 Å². The van der Waals surface area contributed by atoms with Gasteiger partial charge in [0.25, 0.3) is 5.91 Å². The Morgan fingerprint density at radius 2 is 1.88 bits per heavy atom. The van der Waals surface area contributed by atoms with E-state index >= 15 is 0 Å². The summed E-state index contributed by atoms with van der Waals surface area (Å²) in [5, 5.41) is 6.67. The van der Waals surface area contributed by atoms with Crippen LogP contribution in [0.2, 0.25) is 0 Å². The van der Waals surface area contributed by atoms with Gasteiger partial charge in [-0.2, -0.15) is 0 Å². The molecule has 0 bridgehead atoms. The van der Waals surface area contributed by atoms with Gasteiger partial charge in [-0.1, -0.05) is 36.4 Å². The third-order valence-electron chi connectivity index (χ3n) is 3.37. The summed E-state index contributed by atoms with van der Waals surface area (Å²) in [6, 6.07) is 12.5. The van der Waals surface area contributed by atoms with Crippen LogP contribution in [0.5, 0.6) is 0 Å². The van der Waals surface area contributed by atoms with Crippen LogP contribution >= 0.6 is 11.3 Å². The molecule has 1 heterocycles. The van der Waals surface area contributed by atoms with E-state index in [9.17, 15) is 14.4 Å². The minimum atomic E-state index is -1.03. The van der Waals surface area contributed by atoms with Gasteiger partial charge < -0.3 is 10.1 Å². The number of amides is 3. The van der Waals surface area contributed by atoms with Crippen LogP contribution in [0.1, 0.15) is 23.8 Å². The summed E-state index contributed by atoms with van der Waals surface area (Å²) in [4.78, 5) is 36.4. The lowest BCUT2D eigenvalue weighted by atomic mass is 10.2. The van der Waals surface area contributed by atoms with Gasteiger partial charge in [0.05, 0.1) is 6.42 Å². The van der Waals surface area contributed by atoms with Gasteiger partial charge in [-0.3, -0.25) is 14.9 Å². The molecule has 0 saturated carbocycles. The Bertz CT molecular complexity index is 701. The summed E-state index contributed by atoms with van der Waals surface area (Å²) in [5.74, 6) is -1.13. The van der Waals surface area contributed by atoms with E-state index in [-0.39, 0.29) is 6.42 Å². The van der Waals surface area contributed by atoms with E-state index in [2.05, 4.69) is 10.6 Å². The minimum absolute atomic E-state index is 0.193. The van der Waals surface area contributed by atoms with Crippen molar-refractivity contribution >= 4 is 29.2 Å². The van der Waals surface area contributed by atoms with E-state index in [1.807, 2.05) is 47.8 Å². The number of aryl methyl sites for hydroxylation is 1. The smallest absolute Gasteiger partial charge is 0.321 e. The average Bonchev–Trinajstić information content (AvgIpc) is 3.12. The van der Waals surface area contributed by atoms with Crippen LogP contribution in [-0.2, 0) is 27.3 Å². The second-order valence-electron chi connectivity index (χ2n) is 5.37. The number of benzene rings is 1. The number of urea groups is 1. The van der Waals surface area contributed by atoms with Crippen molar-refractivity contribution in [2.45, 2.75) is 32.4 Å². The second kappa shape index (κ2) is 9.58. The number of rotatable bonds is 7. The molecule has 2 aromatic rings. The molecular weight excluding hydrogens is 340 g/mol. The van der Waals surface area contributed by atoms with Gasteiger partial charge in [0.15, 0.2) is 6.10 Å². The molecule has 6 nitrogen and oxygen atoms in total. The molecule has 25 heavy (non-hydrogen) atoms. The Hall–Kier alpha value is -2.67. The van der Waals surface area contributed by atoms with Gasteiger partial charge in [-0.25, -0.2) is 4.79 Å². The lowest BCUT2D eigenvalue weighted by molar-refractivity contribution is -0.154. The molecule has 2 rings (SSSR count). The van der Waals surface area contributed by atoms with E-state index in [4.69, 9.17) is 4.74 Å². The first kappa shape index (κ1) is 18.7. The van der Waals surface area contributed by atoms with E-state index in [0.717, 1.165) is 10.4 Å². The van der Waals surface area contributed by atoms with Crippen molar-refractivity contribution in [3.05, 3.63) is 58.3 Å². The standard InChI is InChI=1S/C18H20N2O4S/c1-13(24-16(21)10-9-15-8-5-11-25-15)17(22)20-18(23)19-12-14-6-3-2-4-7-14/h2-8,11,13H,9-10,12H2,1H3,(H2,19,20,22,23)/t13-/m1/s1. The zero-order valence-electron chi connectivity index (χ0n) is 13.9. The summed E-state index contributed by atoms with van der Waals surface area (Å²) >= 11 is 1.56. The quantitative estimate of drug-likeness (QED) is 0.744. The Labute approximate surface area is 150 Å². The number of ether oxygens (including phenoxy) is 1. The van der Waals surface area contributed by atoms with E-state index in [0.29, 0.717) is 13.0 Å². The van der Waals surface area contributed by atoms with Crippen molar-refractivity contribution < 1.29 is 19.1 Å². The predicted octanol–water partition coefficient (Wildman–Crippen LogP) is 2.64. The molecule has 1 aromatic carbocycles. The highest BCUT2D eigenvalue weighted by atomic mass is 32.1. The topological polar surface area (TPSA) is 84.5 Å². The molecule has 0 saturated heterocycles. The SMILES string of the molecule is C[C@@H](OC(=O)CCc1cccs1)C(=O)NC(=O)NCc1ccccc1. The number of carbonyl (C=O) groups is 3. The molecule has 0 aliphatic carbocycles. The molecule has 0 aliphatic heterocycles. The molecular formula is C18H20N2O4S. The first-order valence-electron chi connectivity index (χ1n) is 7.89. The monoisotopic (exact) mass is 360 g/mol. The predicted molar refractivity (Wildman–Crippen MR) is 95.0 cm³/mol. The normalized spacial score (nSPS) is 11.4. The summed E-state index contributed by atoms with van der Waals surface area (Å²) in [7, 11) is 0. The number of carbonyl (C=O) groups excluding carboxylic acids is 3. The average molecular weight is 360 g/mol.